The molecule has 0 unspecified atom stereocenters. The molecule has 2 aromatic rings. The Morgan fingerprint density at radius 3 is 2.87 bits per heavy atom. The molecule has 23 heavy (non-hydrogen) atoms. The van der Waals surface area contributed by atoms with Gasteiger partial charge in [-0.3, -0.25) is 4.79 Å². The van der Waals surface area contributed by atoms with Gasteiger partial charge in [-0.2, -0.15) is 0 Å². The summed E-state index contributed by atoms with van der Waals surface area (Å²) in [5.74, 6) is 1.84. The van der Waals surface area contributed by atoms with Crippen LogP contribution in [0.4, 0.5) is 0 Å². The molecule has 0 aliphatic heterocycles. The monoisotopic (exact) mass is 329 g/mol. The van der Waals surface area contributed by atoms with E-state index in [0.717, 1.165) is 28.2 Å². The Bertz CT molecular complexity index is 704. The molecule has 1 saturated carbocycles. The summed E-state index contributed by atoms with van der Waals surface area (Å²) in [6, 6.07) is 8.28. The minimum absolute atomic E-state index is 0.106. The SMILES string of the molecule is Cc1nc(SCC(=O)N[C@@H]2CCCC[C@H]2C)c2ccccc2n1. The molecule has 122 valence electrons. The van der Waals surface area contributed by atoms with Crippen molar-refractivity contribution < 1.29 is 4.79 Å². The molecule has 1 aliphatic carbocycles. The minimum Gasteiger partial charge on any atom is -0.352 e. The molecular formula is C18H23N3OS. The normalized spacial score (nSPS) is 21.3. The molecule has 0 bridgehead atoms. The largest absolute Gasteiger partial charge is 0.352 e. The van der Waals surface area contributed by atoms with Gasteiger partial charge in [-0.15, -0.1) is 0 Å². The average Bonchev–Trinajstić information content (AvgIpc) is 2.54. The Hall–Kier alpha value is -1.62. The molecule has 4 nitrogen and oxygen atoms in total. The highest BCUT2D eigenvalue weighted by molar-refractivity contribution is 8.00. The van der Waals surface area contributed by atoms with E-state index in [1.807, 2.05) is 31.2 Å². The van der Waals surface area contributed by atoms with Gasteiger partial charge < -0.3 is 5.32 Å². The number of amides is 1. The number of aryl methyl sites for hydroxylation is 1. The number of benzene rings is 1. The zero-order chi connectivity index (χ0) is 16.2. The molecule has 1 N–H and O–H groups in total. The number of hydrogen-bond donors (Lipinski definition) is 1. The third-order valence-corrected chi connectivity index (χ3v) is 5.47. The van der Waals surface area contributed by atoms with Crippen molar-refractivity contribution in [2.45, 2.75) is 50.6 Å². The number of rotatable bonds is 4. The lowest BCUT2D eigenvalue weighted by molar-refractivity contribution is -0.119. The maximum atomic E-state index is 12.3. The molecular weight excluding hydrogens is 306 g/mol. The molecule has 1 aliphatic rings. The van der Waals surface area contributed by atoms with Crippen molar-refractivity contribution in [2.24, 2.45) is 5.92 Å². The van der Waals surface area contributed by atoms with E-state index in [1.165, 1.54) is 31.0 Å². The summed E-state index contributed by atoms with van der Waals surface area (Å²) in [7, 11) is 0. The molecule has 0 saturated heterocycles. The fraction of sp³-hybridized carbons (Fsp3) is 0.500. The molecule has 1 aromatic carbocycles. The first-order valence-corrected chi connectivity index (χ1v) is 9.27. The summed E-state index contributed by atoms with van der Waals surface area (Å²) in [5.41, 5.74) is 0.934. The molecule has 0 radical (unpaired) electrons. The molecule has 1 fully saturated rings. The fourth-order valence-electron chi connectivity index (χ4n) is 3.18. The lowest BCUT2D eigenvalue weighted by atomic mass is 9.86. The van der Waals surface area contributed by atoms with Gasteiger partial charge in [-0.25, -0.2) is 9.97 Å². The molecule has 0 spiro atoms. The molecule has 1 amide bonds. The van der Waals surface area contributed by atoms with Crippen molar-refractivity contribution in [3.05, 3.63) is 30.1 Å². The number of nitrogens with one attached hydrogen (secondary N) is 1. The van der Waals surface area contributed by atoms with Crippen LogP contribution in [0.15, 0.2) is 29.3 Å². The van der Waals surface area contributed by atoms with Crippen molar-refractivity contribution in [3.63, 3.8) is 0 Å². The van der Waals surface area contributed by atoms with Crippen LogP contribution in [0, 0.1) is 12.8 Å². The Balaban J connectivity index is 1.65. The maximum Gasteiger partial charge on any atom is 0.230 e. The van der Waals surface area contributed by atoms with Crippen LogP contribution in [0.1, 0.15) is 38.4 Å². The Kier molecular flexibility index (Phi) is 5.16. The highest BCUT2D eigenvalue weighted by atomic mass is 32.2. The summed E-state index contributed by atoms with van der Waals surface area (Å²) >= 11 is 1.50. The molecule has 2 atom stereocenters. The molecule has 5 heteroatoms. The molecule has 1 heterocycles. The third kappa shape index (κ3) is 4.02. The smallest absolute Gasteiger partial charge is 0.230 e. The lowest BCUT2D eigenvalue weighted by Crippen LogP contribution is -2.41. The summed E-state index contributed by atoms with van der Waals surface area (Å²) < 4.78 is 0. The highest BCUT2D eigenvalue weighted by Crippen LogP contribution is 2.26. The van der Waals surface area contributed by atoms with Gasteiger partial charge in [0.1, 0.15) is 10.9 Å². The first-order valence-electron chi connectivity index (χ1n) is 8.29. The van der Waals surface area contributed by atoms with Crippen molar-refractivity contribution in [3.8, 4) is 0 Å². The lowest BCUT2D eigenvalue weighted by Gasteiger charge is -2.29. The van der Waals surface area contributed by atoms with E-state index in [2.05, 4.69) is 22.2 Å². The van der Waals surface area contributed by atoms with Crippen molar-refractivity contribution >= 4 is 28.6 Å². The van der Waals surface area contributed by atoms with Crippen molar-refractivity contribution in [1.29, 1.82) is 0 Å². The molecule has 3 rings (SSSR count). The number of hydrogen-bond acceptors (Lipinski definition) is 4. The third-order valence-electron chi connectivity index (χ3n) is 4.48. The van der Waals surface area contributed by atoms with Crippen LogP contribution in [0.25, 0.3) is 10.9 Å². The van der Waals surface area contributed by atoms with E-state index in [9.17, 15) is 4.79 Å². The maximum absolute atomic E-state index is 12.3. The highest BCUT2D eigenvalue weighted by Gasteiger charge is 2.22. The van der Waals surface area contributed by atoms with Gasteiger partial charge in [0.25, 0.3) is 0 Å². The second-order valence-corrected chi connectivity index (χ2v) is 7.28. The van der Waals surface area contributed by atoms with Gasteiger partial charge in [0.05, 0.1) is 11.3 Å². The van der Waals surface area contributed by atoms with Crippen LogP contribution < -0.4 is 5.32 Å². The van der Waals surface area contributed by atoms with Gasteiger partial charge in [-0.1, -0.05) is 49.7 Å². The van der Waals surface area contributed by atoms with Gasteiger partial charge in [0.15, 0.2) is 0 Å². The number of para-hydroxylation sites is 1. The second-order valence-electron chi connectivity index (χ2n) is 6.32. The van der Waals surface area contributed by atoms with Crippen LogP contribution in [0.2, 0.25) is 0 Å². The predicted octanol–water partition coefficient (Wildman–Crippen LogP) is 3.73. The van der Waals surface area contributed by atoms with Crippen molar-refractivity contribution in [1.82, 2.24) is 15.3 Å². The minimum atomic E-state index is 0.106. The Morgan fingerprint density at radius 1 is 1.26 bits per heavy atom. The number of aromatic nitrogens is 2. The van der Waals surface area contributed by atoms with E-state index >= 15 is 0 Å². The van der Waals surface area contributed by atoms with Crippen LogP contribution in [0.5, 0.6) is 0 Å². The van der Waals surface area contributed by atoms with E-state index in [0.29, 0.717) is 17.7 Å². The standard InChI is InChI=1S/C18H23N3OS/c1-12-7-3-5-9-15(12)21-17(22)11-23-18-14-8-4-6-10-16(14)19-13(2)20-18/h4,6,8,10,12,15H,3,5,7,9,11H2,1-2H3,(H,21,22)/t12-,15-/m1/s1. The first kappa shape index (κ1) is 16.2. The van der Waals surface area contributed by atoms with Crippen LogP contribution in [0.3, 0.4) is 0 Å². The number of carbonyl (C=O) groups is 1. The number of carbonyl (C=O) groups excluding carboxylic acids is 1. The zero-order valence-electron chi connectivity index (χ0n) is 13.7. The van der Waals surface area contributed by atoms with Gasteiger partial charge in [0.2, 0.25) is 5.91 Å². The Labute approximate surface area is 141 Å². The molecule has 1 aromatic heterocycles. The quantitative estimate of drug-likeness (QED) is 0.686. The number of thioether (sulfide) groups is 1. The summed E-state index contributed by atoms with van der Waals surface area (Å²) in [6.07, 6.45) is 4.83. The van der Waals surface area contributed by atoms with E-state index in [1.54, 1.807) is 0 Å². The Morgan fingerprint density at radius 2 is 2.04 bits per heavy atom. The van der Waals surface area contributed by atoms with Crippen LogP contribution >= 0.6 is 11.8 Å². The topological polar surface area (TPSA) is 54.9 Å². The van der Waals surface area contributed by atoms with E-state index in [-0.39, 0.29) is 5.91 Å². The average molecular weight is 329 g/mol. The number of nitrogens with zero attached hydrogens (tertiary/aromatic N) is 2. The van der Waals surface area contributed by atoms with Crippen molar-refractivity contribution in [2.75, 3.05) is 5.75 Å². The van der Waals surface area contributed by atoms with Gasteiger partial charge in [0, 0.05) is 11.4 Å². The van der Waals surface area contributed by atoms with Gasteiger partial charge >= 0.3 is 0 Å². The van der Waals surface area contributed by atoms with E-state index in [4.69, 9.17) is 0 Å². The van der Waals surface area contributed by atoms with Crippen LogP contribution in [-0.2, 0) is 4.79 Å². The summed E-state index contributed by atoms with van der Waals surface area (Å²) in [6.45, 7) is 4.12. The fourth-order valence-corrected chi connectivity index (χ4v) is 4.06. The second kappa shape index (κ2) is 7.30. The predicted molar refractivity (Wildman–Crippen MR) is 94.6 cm³/mol. The van der Waals surface area contributed by atoms with Crippen LogP contribution in [-0.4, -0.2) is 27.7 Å². The van der Waals surface area contributed by atoms with E-state index < -0.39 is 0 Å². The first-order chi connectivity index (χ1) is 11.1. The summed E-state index contributed by atoms with van der Waals surface area (Å²) in [5, 5.41) is 5.10. The number of fused-ring (bicyclic) bond motifs is 1. The zero-order valence-corrected chi connectivity index (χ0v) is 14.5. The summed E-state index contributed by atoms with van der Waals surface area (Å²) in [4.78, 5) is 21.2. The van der Waals surface area contributed by atoms with Gasteiger partial charge in [-0.05, 0) is 31.7 Å².